The third-order valence-electron chi connectivity index (χ3n) is 3.97. The molecule has 1 amide bonds. The maximum Gasteiger partial charge on any atom is 0.222 e. The molecule has 0 bridgehead atoms. The third kappa shape index (κ3) is 6.28. The Morgan fingerprint density at radius 1 is 1.09 bits per heavy atom. The Balaban J connectivity index is 0.00000264. The monoisotopic (exact) mass is 342 g/mol. The molecule has 0 saturated carbocycles. The van der Waals surface area contributed by atoms with Crippen molar-refractivity contribution >= 4 is 18.3 Å². The van der Waals surface area contributed by atoms with Gasteiger partial charge in [0.2, 0.25) is 5.91 Å². The molecule has 1 fully saturated rings. The van der Waals surface area contributed by atoms with Gasteiger partial charge in [0.05, 0.1) is 14.2 Å². The van der Waals surface area contributed by atoms with Crippen LogP contribution in [0.25, 0.3) is 0 Å². The summed E-state index contributed by atoms with van der Waals surface area (Å²) in [4.78, 5) is 13.9. The van der Waals surface area contributed by atoms with Crippen molar-refractivity contribution in [3.63, 3.8) is 0 Å². The minimum Gasteiger partial charge on any atom is -0.497 e. The standard InChI is InChI=1S/C17H26N2O3.ClH/c1-21-15-10-14(11-16(12-15)22-2)13-18-7-9-19-8-5-3-4-6-17(19)20;/h10-12,18H,3-9,13H2,1-2H3;1H. The van der Waals surface area contributed by atoms with Crippen LogP contribution in [0.4, 0.5) is 0 Å². The average molecular weight is 343 g/mol. The number of methoxy groups -OCH3 is 2. The number of rotatable bonds is 7. The first-order chi connectivity index (χ1) is 10.7. The van der Waals surface area contributed by atoms with Gasteiger partial charge in [0, 0.05) is 38.7 Å². The van der Waals surface area contributed by atoms with Crippen LogP contribution < -0.4 is 14.8 Å². The molecule has 0 radical (unpaired) electrons. The molecule has 1 aromatic carbocycles. The van der Waals surface area contributed by atoms with Gasteiger partial charge in [-0.15, -0.1) is 12.4 Å². The topological polar surface area (TPSA) is 50.8 Å². The molecule has 2 rings (SSSR count). The summed E-state index contributed by atoms with van der Waals surface area (Å²) >= 11 is 0. The lowest BCUT2D eigenvalue weighted by Crippen LogP contribution is -2.36. The zero-order valence-electron chi connectivity index (χ0n) is 14.0. The summed E-state index contributed by atoms with van der Waals surface area (Å²) in [6, 6.07) is 5.85. The van der Waals surface area contributed by atoms with Gasteiger partial charge in [-0.05, 0) is 30.5 Å². The van der Waals surface area contributed by atoms with Gasteiger partial charge in [-0.25, -0.2) is 0 Å². The van der Waals surface area contributed by atoms with E-state index in [1.54, 1.807) is 14.2 Å². The van der Waals surface area contributed by atoms with E-state index in [4.69, 9.17) is 9.47 Å². The van der Waals surface area contributed by atoms with Crippen LogP contribution in [0.3, 0.4) is 0 Å². The molecule has 1 saturated heterocycles. The Morgan fingerprint density at radius 2 is 1.78 bits per heavy atom. The van der Waals surface area contributed by atoms with Crippen LogP contribution in [-0.2, 0) is 11.3 Å². The first-order valence-electron chi connectivity index (χ1n) is 7.93. The van der Waals surface area contributed by atoms with Gasteiger partial charge in [0.15, 0.2) is 0 Å². The third-order valence-corrected chi connectivity index (χ3v) is 3.97. The maximum absolute atomic E-state index is 11.9. The fourth-order valence-electron chi connectivity index (χ4n) is 2.69. The van der Waals surface area contributed by atoms with E-state index in [-0.39, 0.29) is 12.4 Å². The Labute approximate surface area is 144 Å². The van der Waals surface area contributed by atoms with Gasteiger partial charge in [-0.2, -0.15) is 0 Å². The van der Waals surface area contributed by atoms with Crippen molar-refractivity contribution in [3.8, 4) is 11.5 Å². The first kappa shape index (κ1) is 19.6. The molecule has 1 heterocycles. The smallest absolute Gasteiger partial charge is 0.222 e. The summed E-state index contributed by atoms with van der Waals surface area (Å²) < 4.78 is 10.5. The van der Waals surface area contributed by atoms with Crippen LogP contribution in [0.15, 0.2) is 18.2 Å². The highest BCUT2D eigenvalue weighted by Gasteiger charge is 2.15. The molecule has 0 unspecified atom stereocenters. The molecule has 5 nitrogen and oxygen atoms in total. The molecule has 1 aliphatic rings. The maximum atomic E-state index is 11.9. The molecular weight excluding hydrogens is 316 g/mol. The zero-order chi connectivity index (χ0) is 15.8. The number of nitrogens with zero attached hydrogens (tertiary/aromatic N) is 1. The minimum absolute atomic E-state index is 0. The summed E-state index contributed by atoms with van der Waals surface area (Å²) in [6.07, 6.45) is 4.03. The molecule has 23 heavy (non-hydrogen) atoms. The lowest BCUT2D eigenvalue weighted by molar-refractivity contribution is -0.130. The van der Waals surface area contributed by atoms with Crippen LogP contribution in [0.5, 0.6) is 11.5 Å². The van der Waals surface area contributed by atoms with E-state index in [0.29, 0.717) is 12.3 Å². The molecular formula is C17H27ClN2O3. The van der Waals surface area contributed by atoms with Gasteiger partial charge in [-0.3, -0.25) is 4.79 Å². The van der Waals surface area contributed by atoms with Gasteiger partial charge in [0.1, 0.15) is 11.5 Å². The quantitative estimate of drug-likeness (QED) is 0.774. The van der Waals surface area contributed by atoms with Crippen LogP contribution in [-0.4, -0.2) is 44.7 Å². The highest BCUT2D eigenvalue weighted by Crippen LogP contribution is 2.22. The minimum atomic E-state index is 0. The molecule has 0 aromatic heterocycles. The molecule has 130 valence electrons. The second-order valence-corrected chi connectivity index (χ2v) is 5.59. The summed E-state index contributed by atoms with van der Waals surface area (Å²) in [7, 11) is 3.30. The number of carbonyl (C=O) groups excluding carboxylic acids is 1. The fourth-order valence-corrected chi connectivity index (χ4v) is 2.69. The summed E-state index contributed by atoms with van der Waals surface area (Å²) in [5.74, 6) is 1.88. The number of hydrogen-bond donors (Lipinski definition) is 1. The molecule has 1 aliphatic heterocycles. The Hall–Kier alpha value is -1.46. The van der Waals surface area contributed by atoms with E-state index < -0.39 is 0 Å². The van der Waals surface area contributed by atoms with Crippen molar-refractivity contribution < 1.29 is 14.3 Å². The van der Waals surface area contributed by atoms with E-state index in [1.165, 1.54) is 6.42 Å². The van der Waals surface area contributed by atoms with Crippen molar-refractivity contribution in [1.29, 1.82) is 0 Å². The number of nitrogens with one attached hydrogen (secondary N) is 1. The summed E-state index contributed by atoms with van der Waals surface area (Å²) in [5, 5.41) is 3.39. The van der Waals surface area contributed by atoms with Crippen molar-refractivity contribution in [2.75, 3.05) is 33.9 Å². The summed E-state index contributed by atoms with van der Waals surface area (Å²) in [5.41, 5.74) is 1.11. The van der Waals surface area contributed by atoms with Crippen molar-refractivity contribution in [2.24, 2.45) is 0 Å². The Morgan fingerprint density at radius 3 is 2.43 bits per heavy atom. The number of amides is 1. The number of benzene rings is 1. The molecule has 6 heteroatoms. The molecule has 1 aromatic rings. The molecule has 0 aliphatic carbocycles. The van der Waals surface area contributed by atoms with Crippen molar-refractivity contribution in [1.82, 2.24) is 10.2 Å². The molecule has 0 atom stereocenters. The lowest BCUT2D eigenvalue weighted by Gasteiger charge is -2.20. The van der Waals surface area contributed by atoms with Gasteiger partial charge in [0.25, 0.3) is 0 Å². The van der Waals surface area contributed by atoms with Crippen molar-refractivity contribution in [2.45, 2.75) is 32.2 Å². The lowest BCUT2D eigenvalue weighted by atomic mass is 10.2. The fraction of sp³-hybridized carbons (Fsp3) is 0.588. The Bertz CT molecular complexity index is 474. The number of likely N-dealkylation sites (tertiary alicyclic amines) is 1. The second-order valence-electron chi connectivity index (χ2n) is 5.59. The van der Waals surface area contributed by atoms with Crippen LogP contribution in [0.1, 0.15) is 31.2 Å². The number of halogens is 1. The van der Waals surface area contributed by atoms with E-state index >= 15 is 0 Å². The van der Waals surface area contributed by atoms with Crippen LogP contribution in [0.2, 0.25) is 0 Å². The molecule has 0 spiro atoms. The van der Waals surface area contributed by atoms with E-state index in [9.17, 15) is 4.79 Å². The molecule has 1 N–H and O–H groups in total. The Kier molecular flexibility index (Phi) is 8.81. The van der Waals surface area contributed by atoms with Gasteiger partial charge in [-0.1, -0.05) is 6.42 Å². The number of hydrogen-bond acceptors (Lipinski definition) is 4. The predicted molar refractivity (Wildman–Crippen MR) is 93.5 cm³/mol. The normalized spacial score (nSPS) is 14.9. The van der Waals surface area contributed by atoms with E-state index in [1.807, 2.05) is 23.1 Å². The predicted octanol–water partition coefficient (Wildman–Crippen LogP) is 2.62. The summed E-state index contributed by atoms with van der Waals surface area (Å²) in [6.45, 7) is 3.20. The SMILES string of the molecule is COc1cc(CNCCN2CCCCCC2=O)cc(OC)c1.Cl. The van der Waals surface area contributed by atoms with Crippen molar-refractivity contribution in [3.05, 3.63) is 23.8 Å². The zero-order valence-corrected chi connectivity index (χ0v) is 14.8. The first-order valence-corrected chi connectivity index (χ1v) is 7.93. The number of carbonyl (C=O) groups is 1. The number of ether oxygens (including phenoxy) is 2. The van der Waals surface area contributed by atoms with E-state index in [2.05, 4.69) is 5.32 Å². The van der Waals surface area contributed by atoms with Gasteiger partial charge < -0.3 is 19.7 Å². The van der Waals surface area contributed by atoms with Crippen LogP contribution >= 0.6 is 12.4 Å². The highest BCUT2D eigenvalue weighted by molar-refractivity contribution is 5.85. The highest BCUT2D eigenvalue weighted by atomic mass is 35.5. The van der Waals surface area contributed by atoms with Gasteiger partial charge >= 0.3 is 0 Å². The second kappa shape index (κ2) is 10.3. The van der Waals surface area contributed by atoms with E-state index in [0.717, 1.165) is 56.1 Å². The largest absolute Gasteiger partial charge is 0.497 e. The van der Waals surface area contributed by atoms with Crippen LogP contribution in [0, 0.1) is 0 Å². The average Bonchev–Trinajstić information content (AvgIpc) is 2.75.